The van der Waals surface area contributed by atoms with Crippen LogP contribution in [0.2, 0.25) is 0 Å². The molecule has 2 aromatic carbocycles. The molecule has 4 rings (SSSR count). The van der Waals surface area contributed by atoms with Crippen LogP contribution in [0.3, 0.4) is 0 Å². The van der Waals surface area contributed by atoms with Gasteiger partial charge in [0.15, 0.2) is 5.43 Å². The van der Waals surface area contributed by atoms with Crippen LogP contribution in [0.15, 0.2) is 75.8 Å². The quantitative estimate of drug-likeness (QED) is 0.591. The van der Waals surface area contributed by atoms with Crippen LogP contribution in [-0.4, -0.2) is 12.6 Å². The molecule has 2 atom stereocenters. The second-order valence-corrected chi connectivity index (χ2v) is 6.78. The summed E-state index contributed by atoms with van der Waals surface area (Å²) in [7, 11) is 0. The van der Waals surface area contributed by atoms with Crippen molar-refractivity contribution >= 4 is 22.6 Å². The van der Waals surface area contributed by atoms with Crippen molar-refractivity contribution in [3.05, 3.63) is 88.2 Å². The Kier molecular flexibility index (Phi) is 5.27. The highest BCUT2D eigenvalue weighted by molar-refractivity contribution is 5.80. The molecule has 154 valence electrons. The number of anilines is 1. The van der Waals surface area contributed by atoms with Gasteiger partial charge in [-0.25, -0.2) is 9.45 Å². The predicted molar refractivity (Wildman–Crippen MR) is 109 cm³/mol. The molecule has 0 radical (unpaired) electrons. The van der Waals surface area contributed by atoms with Gasteiger partial charge < -0.3 is 14.0 Å². The van der Waals surface area contributed by atoms with Crippen molar-refractivity contribution in [2.45, 2.75) is 19.9 Å². The lowest BCUT2D eigenvalue weighted by Gasteiger charge is -2.25. The number of nitrogens with zero attached hydrogens (tertiary/aromatic N) is 1. The fourth-order valence-electron chi connectivity index (χ4n) is 3.64. The molecule has 2 unspecified atom stereocenters. The van der Waals surface area contributed by atoms with Crippen LogP contribution in [0, 0.1) is 11.7 Å². The number of hydrogen-bond donors (Lipinski definition) is 0. The predicted octanol–water partition coefficient (Wildman–Crippen LogP) is 4.51. The molecule has 0 N–H and O–H groups in total. The SMILES string of the molecule is C/C=C1/ON(c2ccccc2)C(c2coc3ccc(F)cc3c2=O)C1C(=O)OCC. The Morgan fingerprint density at radius 3 is 2.70 bits per heavy atom. The van der Waals surface area contributed by atoms with Gasteiger partial charge in [-0.3, -0.25) is 9.59 Å². The van der Waals surface area contributed by atoms with Gasteiger partial charge in [0.1, 0.15) is 35.4 Å². The smallest absolute Gasteiger partial charge is 0.319 e. The van der Waals surface area contributed by atoms with E-state index >= 15 is 0 Å². The summed E-state index contributed by atoms with van der Waals surface area (Å²) in [5.74, 6) is -1.59. The molecule has 1 aliphatic heterocycles. The number of allylic oxidation sites excluding steroid dienone is 1. The molecule has 7 heteroatoms. The molecule has 1 aliphatic rings. The first kappa shape index (κ1) is 19.7. The summed E-state index contributed by atoms with van der Waals surface area (Å²) in [5, 5.41) is 1.59. The molecule has 0 saturated carbocycles. The van der Waals surface area contributed by atoms with Gasteiger partial charge in [-0.2, -0.15) is 0 Å². The third kappa shape index (κ3) is 3.32. The minimum Gasteiger partial charge on any atom is -0.465 e. The average molecular weight is 409 g/mol. The van der Waals surface area contributed by atoms with Gasteiger partial charge in [0.25, 0.3) is 0 Å². The summed E-state index contributed by atoms with van der Waals surface area (Å²) in [6.45, 7) is 3.63. The van der Waals surface area contributed by atoms with Crippen molar-refractivity contribution < 1.29 is 23.2 Å². The maximum atomic E-state index is 13.8. The third-order valence-electron chi connectivity index (χ3n) is 4.99. The van der Waals surface area contributed by atoms with Crippen LogP contribution >= 0.6 is 0 Å². The van der Waals surface area contributed by atoms with Gasteiger partial charge >= 0.3 is 5.97 Å². The zero-order valence-electron chi connectivity index (χ0n) is 16.5. The summed E-state index contributed by atoms with van der Waals surface area (Å²) in [4.78, 5) is 32.1. The molecule has 1 fully saturated rings. The van der Waals surface area contributed by atoms with E-state index in [2.05, 4.69) is 0 Å². The first-order valence-corrected chi connectivity index (χ1v) is 9.61. The number of carbonyl (C=O) groups excluding carboxylic acids is 1. The van der Waals surface area contributed by atoms with Crippen LogP contribution in [0.5, 0.6) is 0 Å². The Hall–Kier alpha value is -3.61. The zero-order chi connectivity index (χ0) is 21.3. The lowest BCUT2D eigenvalue weighted by Crippen LogP contribution is -2.32. The number of hydroxylamine groups is 1. The molecular weight excluding hydrogens is 389 g/mol. The van der Waals surface area contributed by atoms with E-state index in [0.29, 0.717) is 11.4 Å². The van der Waals surface area contributed by atoms with Crippen molar-refractivity contribution in [1.82, 2.24) is 0 Å². The molecule has 0 bridgehead atoms. The number of para-hydroxylation sites is 1. The summed E-state index contributed by atoms with van der Waals surface area (Å²) in [6.07, 6.45) is 2.97. The van der Waals surface area contributed by atoms with E-state index in [9.17, 15) is 14.0 Å². The molecule has 0 amide bonds. The van der Waals surface area contributed by atoms with Crippen molar-refractivity contribution in [3.8, 4) is 0 Å². The molecule has 0 spiro atoms. The summed E-state index contributed by atoms with van der Waals surface area (Å²) in [5.41, 5.74) is 0.644. The van der Waals surface area contributed by atoms with E-state index < -0.39 is 29.2 Å². The molecule has 2 heterocycles. The van der Waals surface area contributed by atoms with E-state index in [1.54, 1.807) is 32.1 Å². The Bertz CT molecular complexity index is 1170. The monoisotopic (exact) mass is 409 g/mol. The number of ether oxygens (including phenoxy) is 1. The second kappa shape index (κ2) is 8.02. The van der Waals surface area contributed by atoms with E-state index in [0.717, 1.165) is 6.07 Å². The van der Waals surface area contributed by atoms with E-state index in [4.69, 9.17) is 14.0 Å². The van der Waals surface area contributed by atoms with Crippen molar-refractivity contribution in [3.63, 3.8) is 0 Å². The van der Waals surface area contributed by atoms with Gasteiger partial charge in [0.05, 0.1) is 23.2 Å². The molecule has 30 heavy (non-hydrogen) atoms. The molecule has 3 aromatic rings. The summed E-state index contributed by atoms with van der Waals surface area (Å²) < 4.78 is 24.7. The Balaban J connectivity index is 1.93. The maximum Gasteiger partial charge on any atom is 0.319 e. The Labute approximate surface area is 172 Å². The Morgan fingerprint density at radius 1 is 1.23 bits per heavy atom. The maximum absolute atomic E-state index is 13.8. The van der Waals surface area contributed by atoms with Gasteiger partial charge in [0, 0.05) is 0 Å². The van der Waals surface area contributed by atoms with Crippen LogP contribution in [0.4, 0.5) is 10.1 Å². The first-order chi connectivity index (χ1) is 14.5. The molecule has 6 nitrogen and oxygen atoms in total. The number of rotatable bonds is 4. The summed E-state index contributed by atoms with van der Waals surface area (Å²) >= 11 is 0. The molecule has 1 aromatic heterocycles. The van der Waals surface area contributed by atoms with Gasteiger partial charge in [-0.05, 0) is 50.3 Å². The highest BCUT2D eigenvalue weighted by Crippen LogP contribution is 2.44. The number of benzene rings is 2. The van der Waals surface area contributed by atoms with Gasteiger partial charge in [0.2, 0.25) is 0 Å². The van der Waals surface area contributed by atoms with Crippen molar-refractivity contribution in [2.75, 3.05) is 11.7 Å². The van der Waals surface area contributed by atoms with Crippen molar-refractivity contribution in [1.29, 1.82) is 0 Å². The lowest BCUT2D eigenvalue weighted by atomic mass is 9.92. The third-order valence-corrected chi connectivity index (χ3v) is 4.99. The molecular formula is C23H20FNO5. The summed E-state index contributed by atoms with van der Waals surface area (Å²) in [6, 6.07) is 12.0. The number of halogens is 1. The minimum atomic E-state index is -0.885. The lowest BCUT2D eigenvalue weighted by molar-refractivity contribution is -0.147. The second-order valence-electron chi connectivity index (χ2n) is 6.78. The van der Waals surface area contributed by atoms with Gasteiger partial charge in [-0.1, -0.05) is 18.2 Å². The number of fused-ring (bicyclic) bond motifs is 1. The number of carbonyl (C=O) groups is 1. The van der Waals surface area contributed by atoms with Crippen LogP contribution in [0.25, 0.3) is 11.0 Å². The standard InChI is InChI=1S/C23H20FNO5/c1-3-18-20(23(27)28-4-2)21(25(30-18)15-8-6-5-7-9-15)17-13-29-19-11-10-14(24)12-16(19)22(17)26/h3,5-13,20-21H,4H2,1-2H3/b18-3+. The molecule has 1 saturated heterocycles. The largest absolute Gasteiger partial charge is 0.465 e. The highest BCUT2D eigenvalue weighted by atomic mass is 19.1. The molecule has 0 aliphatic carbocycles. The van der Waals surface area contributed by atoms with Crippen LogP contribution in [-0.2, 0) is 14.4 Å². The van der Waals surface area contributed by atoms with E-state index in [1.807, 2.05) is 18.2 Å². The average Bonchev–Trinajstić information content (AvgIpc) is 3.15. The van der Waals surface area contributed by atoms with Crippen molar-refractivity contribution in [2.24, 2.45) is 5.92 Å². The Morgan fingerprint density at radius 2 is 2.00 bits per heavy atom. The fraction of sp³-hybridized carbons (Fsp3) is 0.217. The van der Waals surface area contributed by atoms with Crippen LogP contribution in [0.1, 0.15) is 25.5 Å². The van der Waals surface area contributed by atoms with E-state index in [-0.39, 0.29) is 23.1 Å². The first-order valence-electron chi connectivity index (χ1n) is 9.61. The fourth-order valence-corrected chi connectivity index (χ4v) is 3.64. The number of esters is 1. The van der Waals surface area contributed by atoms with E-state index in [1.165, 1.54) is 23.5 Å². The normalized spacial score (nSPS) is 19.8. The van der Waals surface area contributed by atoms with Gasteiger partial charge in [-0.15, -0.1) is 0 Å². The van der Waals surface area contributed by atoms with Crippen LogP contribution < -0.4 is 10.5 Å². The number of hydrogen-bond acceptors (Lipinski definition) is 6. The zero-order valence-corrected chi connectivity index (χ0v) is 16.5. The minimum absolute atomic E-state index is 0.0945. The topological polar surface area (TPSA) is 69.0 Å². The highest BCUT2D eigenvalue weighted by Gasteiger charge is 2.48.